The molecule has 1 heterocycles. The van der Waals surface area contributed by atoms with E-state index in [1.54, 1.807) is 29.2 Å². The number of rotatable bonds is 3. The number of aliphatic hydroxyl groups is 1. The Kier molecular flexibility index (Phi) is 3.82. The topological polar surface area (TPSA) is 86.9 Å². The van der Waals surface area contributed by atoms with E-state index in [0.29, 0.717) is 5.56 Å². The van der Waals surface area contributed by atoms with Crippen LogP contribution in [-0.4, -0.2) is 48.5 Å². The van der Waals surface area contributed by atoms with Crippen LogP contribution in [-0.2, 0) is 9.59 Å². The van der Waals surface area contributed by atoms with Gasteiger partial charge in [-0.25, -0.2) is 0 Å². The number of imide groups is 1. The smallest absolute Gasteiger partial charge is 0.248 e. The average Bonchev–Trinajstić information content (AvgIpc) is 2.43. The van der Waals surface area contributed by atoms with Gasteiger partial charge in [0.1, 0.15) is 0 Å². The summed E-state index contributed by atoms with van der Waals surface area (Å²) < 4.78 is 0. The first-order valence-electron chi connectivity index (χ1n) is 6.05. The van der Waals surface area contributed by atoms with Gasteiger partial charge < -0.3 is 15.7 Å². The van der Waals surface area contributed by atoms with Crippen LogP contribution in [0, 0.1) is 0 Å². The first-order valence-corrected chi connectivity index (χ1v) is 6.05. The van der Waals surface area contributed by atoms with Gasteiger partial charge in [0.2, 0.25) is 11.8 Å². The van der Waals surface area contributed by atoms with Gasteiger partial charge in [-0.1, -0.05) is 12.1 Å². The summed E-state index contributed by atoms with van der Waals surface area (Å²) in [6.45, 7) is 0.443. The normalized spacial score (nSPS) is 17.8. The average molecular weight is 263 g/mol. The van der Waals surface area contributed by atoms with Gasteiger partial charge in [-0.05, 0) is 17.7 Å². The lowest BCUT2D eigenvalue weighted by molar-refractivity contribution is -0.143. The Balaban J connectivity index is 2.23. The molecule has 2 rings (SSSR count). The van der Waals surface area contributed by atoms with Crippen LogP contribution in [0.15, 0.2) is 24.3 Å². The number of benzene rings is 1. The van der Waals surface area contributed by atoms with Crippen LogP contribution in [0.1, 0.15) is 11.7 Å². The van der Waals surface area contributed by atoms with E-state index in [1.807, 2.05) is 0 Å². The van der Waals surface area contributed by atoms with Crippen LogP contribution in [0.25, 0.3) is 0 Å². The number of hydrogen-bond donors (Lipinski definition) is 2. The van der Waals surface area contributed by atoms with Gasteiger partial charge >= 0.3 is 0 Å². The molecule has 6 nitrogen and oxygen atoms in total. The molecule has 1 aromatic rings. The maximum Gasteiger partial charge on any atom is 0.248 e. The van der Waals surface area contributed by atoms with E-state index in [4.69, 9.17) is 5.73 Å². The van der Waals surface area contributed by atoms with Crippen molar-refractivity contribution in [3.05, 3.63) is 29.8 Å². The molecule has 0 saturated carbocycles. The Bertz CT molecular complexity index is 486. The van der Waals surface area contributed by atoms with E-state index < -0.39 is 6.10 Å². The molecule has 0 aromatic heterocycles. The second-order valence-corrected chi connectivity index (χ2v) is 4.55. The zero-order chi connectivity index (χ0) is 14.0. The third-order valence-corrected chi connectivity index (χ3v) is 3.24. The minimum absolute atomic E-state index is 0.129. The van der Waals surface area contributed by atoms with Crippen molar-refractivity contribution >= 4 is 17.5 Å². The van der Waals surface area contributed by atoms with Gasteiger partial charge in [0.05, 0.1) is 19.2 Å². The van der Waals surface area contributed by atoms with Crippen molar-refractivity contribution in [1.82, 2.24) is 4.90 Å². The lowest BCUT2D eigenvalue weighted by Crippen LogP contribution is -2.52. The van der Waals surface area contributed by atoms with Gasteiger partial charge in [0, 0.05) is 19.3 Å². The molecular weight excluding hydrogens is 246 g/mol. The van der Waals surface area contributed by atoms with E-state index in [2.05, 4.69) is 0 Å². The Morgan fingerprint density at radius 3 is 2.53 bits per heavy atom. The summed E-state index contributed by atoms with van der Waals surface area (Å²) in [4.78, 5) is 26.1. The summed E-state index contributed by atoms with van der Waals surface area (Å²) in [7, 11) is 1.48. The summed E-state index contributed by atoms with van der Waals surface area (Å²) in [5.74, 6) is -0.470. The van der Waals surface area contributed by atoms with E-state index in [1.165, 1.54) is 7.05 Å². The maximum absolute atomic E-state index is 11.7. The fraction of sp³-hybridized carbons (Fsp3) is 0.385. The minimum Gasteiger partial charge on any atom is -0.387 e. The van der Waals surface area contributed by atoms with Gasteiger partial charge in [-0.3, -0.25) is 14.5 Å². The van der Waals surface area contributed by atoms with Crippen LogP contribution < -0.4 is 10.6 Å². The molecule has 1 aromatic carbocycles. The number of amides is 2. The highest BCUT2D eigenvalue weighted by Crippen LogP contribution is 2.21. The van der Waals surface area contributed by atoms with Gasteiger partial charge in [0.25, 0.3) is 0 Å². The van der Waals surface area contributed by atoms with Crippen LogP contribution in [0.5, 0.6) is 0 Å². The molecular formula is C13H17N3O3. The Morgan fingerprint density at radius 2 is 1.95 bits per heavy atom. The number of hydrogen-bond acceptors (Lipinski definition) is 5. The number of carbonyl (C=O) groups excluding carboxylic acids is 2. The van der Waals surface area contributed by atoms with Crippen molar-refractivity contribution < 1.29 is 14.7 Å². The van der Waals surface area contributed by atoms with Crippen molar-refractivity contribution in [1.29, 1.82) is 0 Å². The van der Waals surface area contributed by atoms with Crippen molar-refractivity contribution in [3.8, 4) is 0 Å². The zero-order valence-electron chi connectivity index (χ0n) is 10.7. The molecule has 0 bridgehead atoms. The van der Waals surface area contributed by atoms with E-state index in [0.717, 1.165) is 10.6 Å². The van der Waals surface area contributed by atoms with E-state index >= 15 is 0 Å². The van der Waals surface area contributed by atoms with Crippen LogP contribution >= 0.6 is 0 Å². The molecule has 3 N–H and O–H groups in total. The number of nitrogens with two attached hydrogens (primary N) is 1. The molecule has 1 atom stereocenters. The molecule has 1 aliphatic heterocycles. The molecule has 1 aliphatic rings. The summed E-state index contributed by atoms with van der Waals surface area (Å²) in [6.07, 6.45) is -0.737. The minimum atomic E-state index is -0.737. The highest BCUT2D eigenvalue weighted by Gasteiger charge is 2.28. The molecule has 1 unspecified atom stereocenters. The fourth-order valence-electron chi connectivity index (χ4n) is 1.98. The van der Waals surface area contributed by atoms with Crippen molar-refractivity contribution in [2.24, 2.45) is 5.73 Å². The van der Waals surface area contributed by atoms with Gasteiger partial charge in [-0.2, -0.15) is 0 Å². The lowest BCUT2D eigenvalue weighted by atomic mass is 10.1. The third-order valence-electron chi connectivity index (χ3n) is 3.24. The first kappa shape index (κ1) is 13.5. The molecule has 0 spiro atoms. The fourth-order valence-corrected chi connectivity index (χ4v) is 1.98. The van der Waals surface area contributed by atoms with Crippen LogP contribution in [0.2, 0.25) is 0 Å². The Morgan fingerprint density at radius 1 is 1.32 bits per heavy atom. The Labute approximate surface area is 111 Å². The second kappa shape index (κ2) is 5.38. The van der Waals surface area contributed by atoms with Gasteiger partial charge in [-0.15, -0.1) is 0 Å². The number of carbonyl (C=O) groups is 2. The number of anilines is 1. The molecule has 1 fully saturated rings. The largest absolute Gasteiger partial charge is 0.387 e. The van der Waals surface area contributed by atoms with Crippen molar-refractivity contribution in [3.63, 3.8) is 0 Å². The predicted octanol–water partition coefficient (Wildman–Crippen LogP) is -0.516. The quantitative estimate of drug-likeness (QED) is 0.717. The molecule has 2 amide bonds. The second-order valence-electron chi connectivity index (χ2n) is 4.55. The molecule has 6 heteroatoms. The van der Waals surface area contributed by atoms with Gasteiger partial charge in [0.15, 0.2) is 0 Å². The summed E-state index contributed by atoms with van der Waals surface area (Å²) in [5.41, 5.74) is 6.83. The van der Waals surface area contributed by atoms with Crippen molar-refractivity contribution in [2.75, 3.05) is 31.6 Å². The number of aliphatic hydroxyl groups excluding tert-OH is 1. The summed E-state index contributed by atoms with van der Waals surface area (Å²) >= 11 is 0. The lowest BCUT2D eigenvalue weighted by Gasteiger charge is -2.32. The predicted molar refractivity (Wildman–Crippen MR) is 70.4 cm³/mol. The standard InChI is InChI=1S/C13H17N3O3/c1-15-12(18)7-16(8-13(15)19)10-4-2-3-9(5-10)11(17)6-14/h2-5,11,17H,6-8,14H2,1H3. The first-order chi connectivity index (χ1) is 9.02. The molecule has 0 radical (unpaired) electrons. The molecule has 1 saturated heterocycles. The zero-order valence-corrected chi connectivity index (χ0v) is 10.7. The highest BCUT2D eigenvalue weighted by atomic mass is 16.3. The monoisotopic (exact) mass is 263 g/mol. The maximum atomic E-state index is 11.7. The Hall–Kier alpha value is -1.92. The van der Waals surface area contributed by atoms with Crippen molar-refractivity contribution in [2.45, 2.75) is 6.10 Å². The SMILES string of the molecule is CN1C(=O)CN(c2cccc(C(O)CN)c2)CC1=O. The van der Waals surface area contributed by atoms with E-state index in [-0.39, 0.29) is 31.4 Å². The van der Waals surface area contributed by atoms with E-state index in [9.17, 15) is 14.7 Å². The molecule has 19 heavy (non-hydrogen) atoms. The molecule has 0 aliphatic carbocycles. The summed E-state index contributed by atoms with van der Waals surface area (Å²) in [5, 5.41) is 9.71. The number of likely N-dealkylation sites (N-methyl/N-ethyl adjacent to an activating group) is 1. The summed E-state index contributed by atoms with van der Waals surface area (Å²) in [6, 6.07) is 7.10. The van der Waals surface area contributed by atoms with Crippen LogP contribution in [0.3, 0.4) is 0 Å². The van der Waals surface area contributed by atoms with Crippen LogP contribution in [0.4, 0.5) is 5.69 Å². The molecule has 102 valence electrons. The number of piperazine rings is 1. The third kappa shape index (κ3) is 2.74. The highest BCUT2D eigenvalue weighted by molar-refractivity contribution is 6.02. The number of nitrogens with zero attached hydrogens (tertiary/aromatic N) is 2.